The van der Waals surface area contributed by atoms with Gasteiger partial charge in [-0.15, -0.1) is 11.3 Å². The molecule has 0 aliphatic heterocycles. The number of benzene rings is 3. The molecule has 0 radical (unpaired) electrons. The Labute approximate surface area is 167 Å². The Hall–Kier alpha value is -3.18. The average Bonchev–Trinajstić information content (AvgIpc) is 3.13. The number of para-hydroxylation sites is 1. The van der Waals surface area contributed by atoms with E-state index in [1.807, 2.05) is 73.7 Å². The fraction of sp³-hybridized carbons (Fsp3) is 0.130. The fourth-order valence-electron chi connectivity index (χ4n) is 2.88. The first-order chi connectivity index (χ1) is 13.6. The van der Waals surface area contributed by atoms with Crippen molar-refractivity contribution in [2.75, 3.05) is 5.32 Å². The highest BCUT2D eigenvalue weighted by molar-refractivity contribution is 7.21. The van der Waals surface area contributed by atoms with Crippen LogP contribution >= 0.6 is 11.3 Å². The van der Waals surface area contributed by atoms with Gasteiger partial charge in [-0.2, -0.15) is 0 Å². The number of ether oxygens (including phenoxy) is 1. The molecule has 3 aromatic carbocycles. The van der Waals surface area contributed by atoms with E-state index >= 15 is 0 Å². The lowest BCUT2D eigenvalue weighted by Crippen LogP contribution is -2.30. The summed E-state index contributed by atoms with van der Waals surface area (Å²) in [5.74, 6) is 0.503. The van der Waals surface area contributed by atoms with E-state index in [9.17, 15) is 4.79 Å². The van der Waals surface area contributed by atoms with Gasteiger partial charge in [-0.05, 0) is 67.9 Å². The van der Waals surface area contributed by atoms with Gasteiger partial charge < -0.3 is 10.1 Å². The number of thiazole rings is 1. The molecule has 4 nitrogen and oxygen atoms in total. The summed E-state index contributed by atoms with van der Waals surface area (Å²) in [6.45, 7) is 3.73. The van der Waals surface area contributed by atoms with Gasteiger partial charge in [0.2, 0.25) is 0 Å². The van der Waals surface area contributed by atoms with E-state index in [0.717, 1.165) is 32.0 Å². The van der Waals surface area contributed by atoms with Gasteiger partial charge in [0, 0.05) is 11.3 Å². The van der Waals surface area contributed by atoms with E-state index in [-0.39, 0.29) is 5.91 Å². The Morgan fingerprint density at radius 2 is 1.82 bits per heavy atom. The largest absolute Gasteiger partial charge is 0.481 e. The van der Waals surface area contributed by atoms with Gasteiger partial charge in [-0.3, -0.25) is 4.79 Å². The zero-order valence-electron chi connectivity index (χ0n) is 15.7. The lowest BCUT2D eigenvalue weighted by Gasteiger charge is -2.15. The molecule has 1 atom stereocenters. The maximum atomic E-state index is 12.4. The van der Waals surface area contributed by atoms with Crippen molar-refractivity contribution < 1.29 is 9.53 Å². The summed E-state index contributed by atoms with van der Waals surface area (Å²) in [4.78, 5) is 17.1. The van der Waals surface area contributed by atoms with Crippen molar-refractivity contribution in [2.45, 2.75) is 20.0 Å². The molecule has 0 saturated heterocycles. The van der Waals surface area contributed by atoms with Gasteiger partial charge in [0.15, 0.2) is 6.10 Å². The summed E-state index contributed by atoms with van der Waals surface area (Å²) in [5.41, 5.74) is 3.86. The minimum atomic E-state index is -0.592. The molecule has 4 rings (SSSR count). The third-order valence-electron chi connectivity index (χ3n) is 4.36. The molecule has 1 heterocycles. The number of amides is 1. The highest BCUT2D eigenvalue weighted by atomic mass is 32.1. The Balaban J connectivity index is 1.43. The maximum absolute atomic E-state index is 12.4. The number of aryl methyl sites for hydroxylation is 1. The average molecular weight is 388 g/mol. The van der Waals surface area contributed by atoms with Crippen molar-refractivity contribution >= 4 is 33.1 Å². The molecule has 1 N–H and O–H groups in total. The second-order valence-electron chi connectivity index (χ2n) is 6.63. The summed E-state index contributed by atoms with van der Waals surface area (Å²) in [5, 5.41) is 3.87. The van der Waals surface area contributed by atoms with E-state index in [2.05, 4.69) is 16.4 Å². The first-order valence-electron chi connectivity index (χ1n) is 9.09. The van der Waals surface area contributed by atoms with Gasteiger partial charge >= 0.3 is 0 Å². The molecule has 0 aliphatic rings. The number of aromatic nitrogens is 1. The van der Waals surface area contributed by atoms with Crippen LogP contribution in [-0.4, -0.2) is 17.0 Å². The lowest BCUT2D eigenvalue weighted by molar-refractivity contribution is -0.122. The van der Waals surface area contributed by atoms with Gasteiger partial charge in [-0.25, -0.2) is 4.98 Å². The third kappa shape index (κ3) is 4.05. The minimum absolute atomic E-state index is 0.186. The van der Waals surface area contributed by atoms with Crippen LogP contribution in [0.1, 0.15) is 12.5 Å². The smallest absolute Gasteiger partial charge is 0.265 e. The minimum Gasteiger partial charge on any atom is -0.481 e. The Bertz CT molecular complexity index is 1090. The number of nitrogens with zero attached hydrogens (tertiary/aromatic N) is 1. The number of hydrogen-bond donors (Lipinski definition) is 1. The van der Waals surface area contributed by atoms with Crippen LogP contribution in [-0.2, 0) is 4.79 Å². The predicted molar refractivity (Wildman–Crippen MR) is 115 cm³/mol. The normalized spacial score (nSPS) is 11.9. The number of anilines is 1. The second-order valence-corrected chi connectivity index (χ2v) is 7.66. The molecule has 0 fully saturated rings. The molecular weight excluding hydrogens is 368 g/mol. The van der Waals surface area contributed by atoms with E-state index < -0.39 is 6.10 Å². The molecule has 0 aliphatic carbocycles. The van der Waals surface area contributed by atoms with Crippen LogP contribution in [0.2, 0.25) is 0 Å². The Morgan fingerprint density at radius 1 is 1.04 bits per heavy atom. The van der Waals surface area contributed by atoms with Crippen molar-refractivity contribution in [3.63, 3.8) is 0 Å². The third-order valence-corrected chi connectivity index (χ3v) is 5.45. The van der Waals surface area contributed by atoms with E-state index in [0.29, 0.717) is 5.75 Å². The molecule has 140 valence electrons. The number of nitrogens with one attached hydrogen (secondary N) is 1. The molecule has 0 unspecified atom stereocenters. The molecule has 5 heteroatoms. The van der Waals surface area contributed by atoms with Crippen LogP contribution < -0.4 is 10.1 Å². The molecule has 0 saturated carbocycles. The molecule has 4 aromatic rings. The number of carbonyl (C=O) groups is 1. The van der Waals surface area contributed by atoms with Crippen LogP contribution in [0.4, 0.5) is 5.69 Å². The zero-order chi connectivity index (χ0) is 19.5. The molecule has 0 bridgehead atoms. The van der Waals surface area contributed by atoms with E-state index in [1.165, 1.54) is 0 Å². The van der Waals surface area contributed by atoms with Crippen LogP contribution in [0.5, 0.6) is 5.75 Å². The molecule has 28 heavy (non-hydrogen) atoms. The topological polar surface area (TPSA) is 51.2 Å². The van der Waals surface area contributed by atoms with Crippen LogP contribution in [0.25, 0.3) is 20.8 Å². The van der Waals surface area contributed by atoms with Crippen LogP contribution in [0, 0.1) is 6.92 Å². The summed E-state index contributed by atoms with van der Waals surface area (Å²) < 4.78 is 6.90. The standard InChI is InChI=1S/C23H20N2O2S/c1-15-6-5-7-19(14-15)27-16(2)22(26)24-18-12-10-17(11-13-18)23-25-20-8-3-4-9-21(20)28-23/h3-14,16H,1-2H3,(H,24,26)/t16-/m1/s1. The van der Waals surface area contributed by atoms with Gasteiger partial charge in [-0.1, -0.05) is 24.3 Å². The number of carbonyl (C=O) groups excluding carboxylic acids is 1. The van der Waals surface area contributed by atoms with Gasteiger partial charge in [0.05, 0.1) is 10.2 Å². The van der Waals surface area contributed by atoms with Gasteiger partial charge in [0.1, 0.15) is 10.8 Å². The quantitative estimate of drug-likeness (QED) is 0.479. The van der Waals surface area contributed by atoms with Crippen LogP contribution in [0.15, 0.2) is 72.8 Å². The molecule has 1 aromatic heterocycles. The number of hydrogen-bond acceptors (Lipinski definition) is 4. The first kappa shape index (κ1) is 18.2. The molecule has 0 spiro atoms. The van der Waals surface area contributed by atoms with Crippen molar-refractivity contribution in [2.24, 2.45) is 0 Å². The van der Waals surface area contributed by atoms with E-state index in [1.54, 1.807) is 18.3 Å². The van der Waals surface area contributed by atoms with Gasteiger partial charge in [0.25, 0.3) is 5.91 Å². The fourth-order valence-corrected chi connectivity index (χ4v) is 3.85. The molecular formula is C23H20N2O2S. The van der Waals surface area contributed by atoms with E-state index in [4.69, 9.17) is 4.74 Å². The number of fused-ring (bicyclic) bond motifs is 1. The van der Waals surface area contributed by atoms with Crippen LogP contribution in [0.3, 0.4) is 0 Å². The van der Waals surface area contributed by atoms with Crippen molar-refractivity contribution in [3.05, 3.63) is 78.4 Å². The maximum Gasteiger partial charge on any atom is 0.265 e. The predicted octanol–water partition coefficient (Wildman–Crippen LogP) is 5.68. The number of rotatable bonds is 5. The highest BCUT2D eigenvalue weighted by Crippen LogP contribution is 2.30. The molecule has 1 amide bonds. The monoisotopic (exact) mass is 388 g/mol. The summed E-state index contributed by atoms with van der Waals surface area (Å²) in [6.07, 6.45) is -0.592. The lowest BCUT2D eigenvalue weighted by atomic mass is 10.2. The summed E-state index contributed by atoms with van der Waals surface area (Å²) in [7, 11) is 0. The zero-order valence-corrected chi connectivity index (χ0v) is 16.5. The highest BCUT2D eigenvalue weighted by Gasteiger charge is 2.15. The second kappa shape index (κ2) is 7.82. The summed E-state index contributed by atoms with van der Waals surface area (Å²) in [6, 6.07) is 23.5. The summed E-state index contributed by atoms with van der Waals surface area (Å²) >= 11 is 1.66. The van der Waals surface area contributed by atoms with Crippen molar-refractivity contribution in [3.8, 4) is 16.3 Å². The Kier molecular flexibility index (Phi) is 5.08. The van der Waals surface area contributed by atoms with Crippen molar-refractivity contribution in [1.29, 1.82) is 0 Å². The van der Waals surface area contributed by atoms with Crippen molar-refractivity contribution in [1.82, 2.24) is 4.98 Å². The first-order valence-corrected chi connectivity index (χ1v) is 9.90. The SMILES string of the molecule is Cc1cccc(O[C@H](C)C(=O)Nc2ccc(-c3nc4ccccc4s3)cc2)c1. The Morgan fingerprint density at radius 3 is 2.57 bits per heavy atom.